The van der Waals surface area contributed by atoms with Crippen molar-refractivity contribution in [1.29, 1.82) is 0 Å². The van der Waals surface area contributed by atoms with E-state index in [0.717, 1.165) is 6.08 Å². The quantitative estimate of drug-likeness (QED) is 0.606. The summed E-state index contributed by atoms with van der Waals surface area (Å²) in [5.41, 5.74) is -1.14. The Morgan fingerprint density at radius 2 is 1.29 bits per heavy atom. The van der Waals surface area contributed by atoms with Gasteiger partial charge >= 0.3 is 11.9 Å². The average molecular weight is 328 g/mol. The molecule has 0 radical (unpaired) electrons. The molecule has 0 saturated carbocycles. The molecule has 2 atom stereocenters. The van der Waals surface area contributed by atoms with Crippen LogP contribution in [0.2, 0.25) is 0 Å². The van der Waals surface area contributed by atoms with E-state index in [1.54, 1.807) is 18.2 Å². The lowest BCUT2D eigenvalue weighted by molar-refractivity contribution is 0.0648. The maximum absolute atomic E-state index is 11.8. The van der Waals surface area contributed by atoms with Crippen molar-refractivity contribution < 1.29 is 30.0 Å². The first-order chi connectivity index (χ1) is 11.3. The van der Waals surface area contributed by atoms with Crippen LogP contribution < -0.4 is 0 Å². The zero-order chi connectivity index (χ0) is 18.0. The summed E-state index contributed by atoms with van der Waals surface area (Å²) in [4.78, 5) is 23.5. The van der Waals surface area contributed by atoms with Gasteiger partial charge in [0, 0.05) is 5.56 Å². The van der Waals surface area contributed by atoms with Crippen molar-refractivity contribution in [3.05, 3.63) is 71.8 Å². The van der Waals surface area contributed by atoms with Gasteiger partial charge < -0.3 is 20.4 Å². The third kappa shape index (κ3) is 2.68. The first kappa shape index (κ1) is 17.4. The van der Waals surface area contributed by atoms with Crippen molar-refractivity contribution in [2.75, 3.05) is 0 Å². The maximum atomic E-state index is 11.8. The Morgan fingerprint density at radius 3 is 1.75 bits per heavy atom. The largest absolute Gasteiger partial charge is 0.478 e. The monoisotopic (exact) mass is 328 g/mol. The van der Waals surface area contributed by atoms with Gasteiger partial charge in [0.05, 0.1) is 23.3 Å². The van der Waals surface area contributed by atoms with Gasteiger partial charge in [0.1, 0.15) is 0 Å². The van der Waals surface area contributed by atoms with E-state index in [1.807, 2.05) is 0 Å². The molecule has 0 amide bonds. The van der Waals surface area contributed by atoms with Gasteiger partial charge in [-0.3, -0.25) is 0 Å². The van der Waals surface area contributed by atoms with E-state index in [4.69, 9.17) is 0 Å². The summed E-state index contributed by atoms with van der Waals surface area (Å²) < 4.78 is 0. The Labute approximate surface area is 137 Å². The summed E-state index contributed by atoms with van der Waals surface area (Å²) in [5.74, 6) is -2.97. The highest BCUT2D eigenvalue weighted by Crippen LogP contribution is 2.38. The fraction of sp³-hybridized carbons (Fsp3) is 0.111. The molecule has 2 unspecified atom stereocenters. The minimum Gasteiger partial charge on any atom is -0.478 e. The molecule has 2 aromatic rings. The molecule has 0 fully saturated rings. The predicted molar refractivity (Wildman–Crippen MR) is 88.2 cm³/mol. The SMILES string of the molecule is C=CC(O)c1c(C(=O)O)c(C(=O)O)c2ccccc2c1C(O)C=C. The van der Waals surface area contributed by atoms with Crippen LogP contribution in [0.3, 0.4) is 0 Å². The lowest BCUT2D eigenvalue weighted by Gasteiger charge is -2.22. The number of benzene rings is 2. The number of aromatic carboxylic acids is 2. The zero-order valence-electron chi connectivity index (χ0n) is 12.6. The molecule has 0 aliphatic carbocycles. The number of aliphatic hydroxyl groups excluding tert-OH is 2. The van der Waals surface area contributed by atoms with E-state index in [0.29, 0.717) is 5.39 Å². The number of aliphatic hydroxyl groups is 2. The van der Waals surface area contributed by atoms with Crippen LogP contribution in [0.1, 0.15) is 44.1 Å². The Bertz CT molecular complexity index is 852. The van der Waals surface area contributed by atoms with Crippen LogP contribution in [0.25, 0.3) is 10.8 Å². The van der Waals surface area contributed by atoms with Gasteiger partial charge in [-0.1, -0.05) is 36.4 Å². The maximum Gasteiger partial charge on any atom is 0.337 e. The van der Waals surface area contributed by atoms with E-state index in [-0.39, 0.29) is 16.5 Å². The molecule has 4 N–H and O–H groups in total. The molecule has 124 valence electrons. The highest BCUT2D eigenvalue weighted by Gasteiger charge is 2.31. The number of hydrogen-bond acceptors (Lipinski definition) is 4. The Hall–Kier alpha value is -2.96. The summed E-state index contributed by atoms with van der Waals surface area (Å²) in [6.07, 6.45) is -0.516. The molecule has 2 rings (SSSR count). The Morgan fingerprint density at radius 1 is 0.833 bits per heavy atom. The van der Waals surface area contributed by atoms with Crippen LogP contribution in [0.4, 0.5) is 0 Å². The fourth-order valence-electron chi connectivity index (χ4n) is 2.79. The number of carboxylic acids is 2. The lowest BCUT2D eigenvalue weighted by Crippen LogP contribution is -2.18. The highest BCUT2D eigenvalue weighted by molar-refractivity contribution is 6.14. The van der Waals surface area contributed by atoms with E-state index in [2.05, 4.69) is 13.2 Å². The second kappa shape index (κ2) is 6.66. The van der Waals surface area contributed by atoms with Gasteiger partial charge in [-0.05, 0) is 16.3 Å². The smallest absolute Gasteiger partial charge is 0.337 e. The first-order valence-corrected chi connectivity index (χ1v) is 7.01. The van der Waals surface area contributed by atoms with Gasteiger partial charge in [-0.2, -0.15) is 0 Å². The van der Waals surface area contributed by atoms with Crippen LogP contribution in [0, 0.1) is 0 Å². The van der Waals surface area contributed by atoms with Crippen LogP contribution in [0.15, 0.2) is 49.6 Å². The minimum absolute atomic E-state index is 0.0930. The second-order valence-electron chi connectivity index (χ2n) is 5.09. The molecular weight excluding hydrogens is 312 g/mol. The van der Waals surface area contributed by atoms with Gasteiger partial charge in [0.2, 0.25) is 0 Å². The van der Waals surface area contributed by atoms with E-state index in [9.17, 15) is 30.0 Å². The summed E-state index contributed by atoms with van der Waals surface area (Å²) in [6, 6.07) is 6.19. The van der Waals surface area contributed by atoms with E-state index < -0.39 is 35.3 Å². The minimum atomic E-state index is -1.52. The van der Waals surface area contributed by atoms with Gasteiger partial charge in [0.25, 0.3) is 0 Å². The standard InChI is InChI=1S/C18H16O6/c1-3-11(19)13-9-7-5-6-8-10(9)14(17(21)22)16(18(23)24)15(13)12(20)4-2/h3-8,11-12,19-20H,1-2H2,(H,21,22)(H,23,24). The van der Waals surface area contributed by atoms with Gasteiger partial charge in [-0.25, -0.2) is 9.59 Å². The molecular formula is C18H16O6. The third-order valence-corrected chi connectivity index (χ3v) is 3.76. The second-order valence-corrected chi connectivity index (χ2v) is 5.09. The number of carboxylic acid groups (broad SMARTS) is 2. The molecule has 0 bridgehead atoms. The van der Waals surface area contributed by atoms with Crippen molar-refractivity contribution in [2.45, 2.75) is 12.2 Å². The molecule has 0 aliphatic rings. The Kier molecular flexibility index (Phi) is 4.82. The Balaban J connectivity index is 3.20. The van der Waals surface area contributed by atoms with Crippen molar-refractivity contribution in [2.24, 2.45) is 0 Å². The number of carbonyl (C=O) groups is 2. The zero-order valence-corrected chi connectivity index (χ0v) is 12.6. The molecule has 0 spiro atoms. The molecule has 6 nitrogen and oxygen atoms in total. The van der Waals surface area contributed by atoms with Gasteiger partial charge in [-0.15, -0.1) is 13.2 Å². The fourth-order valence-corrected chi connectivity index (χ4v) is 2.79. The number of fused-ring (bicyclic) bond motifs is 1. The van der Waals surface area contributed by atoms with Crippen LogP contribution in [-0.2, 0) is 0 Å². The van der Waals surface area contributed by atoms with E-state index >= 15 is 0 Å². The number of hydrogen-bond donors (Lipinski definition) is 4. The van der Waals surface area contributed by atoms with Crippen LogP contribution in [-0.4, -0.2) is 32.4 Å². The third-order valence-electron chi connectivity index (χ3n) is 3.76. The first-order valence-electron chi connectivity index (χ1n) is 7.01. The summed E-state index contributed by atoms with van der Waals surface area (Å²) in [7, 11) is 0. The van der Waals surface area contributed by atoms with Crippen molar-refractivity contribution in [1.82, 2.24) is 0 Å². The lowest BCUT2D eigenvalue weighted by atomic mass is 9.84. The van der Waals surface area contributed by atoms with Crippen LogP contribution >= 0.6 is 0 Å². The number of rotatable bonds is 6. The van der Waals surface area contributed by atoms with Crippen LogP contribution in [0.5, 0.6) is 0 Å². The highest BCUT2D eigenvalue weighted by atomic mass is 16.4. The molecule has 0 saturated heterocycles. The van der Waals surface area contributed by atoms with Gasteiger partial charge in [0.15, 0.2) is 0 Å². The normalized spacial score (nSPS) is 13.2. The molecule has 0 aromatic heterocycles. The molecule has 2 aromatic carbocycles. The predicted octanol–water partition coefficient (Wildman–Crippen LogP) is 2.68. The van der Waals surface area contributed by atoms with Crippen molar-refractivity contribution in [3.63, 3.8) is 0 Å². The topological polar surface area (TPSA) is 115 Å². The summed E-state index contributed by atoms with van der Waals surface area (Å²) in [5, 5.41) is 40.1. The molecule has 6 heteroatoms. The van der Waals surface area contributed by atoms with E-state index in [1.165, 1.54) is 12.1 Å². The molecule has 0 heterocycles. The van der Waals surface area contributed by atoms with Crippen molar-refractivity contribution >= 4 is 22.7 Å². The average Bonchev–Trinajstić information content (AvgIpc) is 2.57. The van der Waals surface area contributed by atoms with Crippen molar-refractivity contribution in [3.8, 4) is 0 Å². The molecule has 0 aliphatic heterocycles. The summed E-state index contributed by atoms with van der Waals surface area (Å²) >= 11 is 0. The summed E-state index contributed by atoms with van der Waals surface area (Å²) in [6.45, 7) is 6.90. The molecule has 24 heavy (non-hydrogen) atoms.